The van der Waals surface area contributed by atoms with Crippen LogP contribution in [-0.4, -0.2) is 37.1 Å². The van der Waals surface area contributed by atoms with Crippen molar-refractivity contribution in [1.82, 2.24) is 4.90 Å². The molecule has 3 nitrogen and oxygen atoms in total. The molecular formula is C11H11BrClNO2. The van der Waals surface area contributed by atoms with Gasteiger partial charge in [-0.25, -0.2) is 0 Å². The number of nitrogens with zero attached hydrogens (tertiary/aromatic N) is 1. The van der Waals surface area contributed by atoms with Crippen LogP contribution in [0.2, 0.25) is 5.02 Å². The van der Waals surface area contributed by atoms with Gasteiger partial charge in [0.25, 0.3) is 5.91 Å². The van der Waals surface area contributed by atoms with E-state index in [1.807, 2.05) is 0 Å². The molecule has 0 aliphatic carbocycles. The highest BCUT2D eigenvalue weighted by Crippen LogP contribution is 2.23. The Morgan fingerprint density at radius 1 is 1.38 bits per heavy atom. The number of morpholine rings is 1. The third-order valence-electron chi connectivity index (χ3n) is 2.46. The van der Waals surface area contributed by atoms with Crippen molar-refractivity contribution in [3.63, 3.8) is 0 Å². The van der Waals surface area contributed by atoms with Crippen LogP contribution < -0.4 is 0 Å². The molecule has 0 spiro atoms. The van der Waals surface area contributed by atoms with E-state index in [9.17, 15) is 4.79 Å². The molecule has 1 aromatic carbocycles. The predicted molar refractivity (Wildman–Crippen MR) is 65.9 cm³/mol. The first-order valence-corrected chi connectivity index (χ1v) is 6.17. The molecule has 16 heavy (non-hydrogen) atoms. The highest BCUT2D eigenvalue weighted by Gasteiger charge is 2.18. The lowest BCUT2D eigenvalue weighted by molar-refractivity contribution is 0.0303. The number of amides is 1. The lowest BCUT2D eigenvalue weighted by Crippen LogP contribution is -2.40. The van der Waals surface area contributed by atoms with Crippen LogP contribution in [-0.2, 0) is 4.74 Å². The second-order valence-corrected chi connectivity index (χ2v) is 4.79. The van der Waals surface area contributed by atoms with Gasteiger partial charge in [-0.1, -0.05) is 11.6 Å². The zero-order valence-electron chi connectivity index (χ0n) is 8.58. The molecule has 0 aromatic heterocycles. The summed E-state index contributed by atoms with van der Waals surface area (Å²) < 4.78 is 5.95. The Kier molecular flexibility index (Phi) is 3.84. The van der Waals surface area contributed by atoms with Crippen molar-refractivity contribution in [2.75, 3.05) is 26.3 Å². The molecule has 0 radical (unpaired) electrons. The minimum Gasteiger partial charge on any atom is -0.378 e. The van der Waals surface area contributed by atoms with Gasteiger partial charge in [0.05, 0.1) is 18.2 Å². The Hall–Kier alpha value is -0.580. The monoisotopic (exact) mass is 303 g/mol. The van der Waals surface area contributed by atoms with Crippen molar-refractivity contribution in [2.45, 2.75) is 0 Å². The van der Waals surface area contributed by atoms with E-state index in [0.29, 0.717) is 36.9 Å². The number of rotatable bonds is 1. The molecule has 0 bridgehead atoms. The van der Waals surface area contributed by atoms with E-state index < -0.39 is 0 Å². The number of benzene rings is 1. The molecule has 0 N–H and O–H groups in total. The molecule has 1 amide bonds. The van der Waals surface area contributed by atoms with Gasteiger partial charge in [0.1, 0.15) is 0 Å². The fraction of sp³-hybridized carbons (Fsp3) is 0.364. The summed E-state index contributed by atoms with van der Waals surface area (Å²) in [6.07, 6.45) is 0. The van der Waals surface area contributed by atoms with Crippen molar-refractivity contribution < 1.29 is 9.53 Å². The average molecular weight is 305 g/mol. The minimum atomic E-state index is 0.0284. The third kappa shape index (κ3) is 2.56. The van der Waals surface area contributed by atoms with Crippen LogP contribution >= 0.6 is 27.5 Å². The topological polar surface area (TPSA) is 29.5 Å². The summed E-state index contributed by atoms with van der Waals surface area (Å²) in [4.78, 5) is 13.9. The van der Waals surface area contributed by atoms with Gasteiger partial charge in [-0.3, -0.25) is 4.79 Å². The van der Waals surface area contributed by atoms with Crippen LogP contribution in [0.25, 0.3) is 0 Å². The standard InChI is InChI=1S/C11H11BrClNO2/c12-9-7-8(1-2-10(9)13)11(15)14-3-5-16-6-4-14/h1-2,7H,3-6H2. The Bertz CT molecular complexity index is 405. The Morgan fingerprint density at radius 3 is 2.69 bits per heavy atom. The number of hydrogen-bond donors (Lipinski definition) is 0. The summed E-state index contributed by atoms with van der Waals surface area (Å²) in [6.45, 7) is 2.53. The van der Waals surface area contributed by atoms with Gasteiger partial charge >= 0.3 is 0 Å². The van der Waals surface area contributed by atoms with E-state index in [2.05, 4.69) is 15.9 Å². The maximum absolute atomic E-state index is 12.1. The largest absolute Gasteiger partial charge is 0.378 e. The second kappa shape index (κ2) is 5.17. The molecule has 0 saturated carbocycles. The Morgan fingerprint density at radius 2 is 2.06 bits per heavy atom. The number of hydrogen-bond acceptors (Lipinski definition) is 2. The number of ether oxygens (including phenoxy) is 1. The fourth-order valence-electron chi connectivity index (χ4n) is 1.58. The lowest BCUT2D eigenvalue weighted by atomic mass is 10.2. The van der Waals surface area contributed by atoms with Crippen LogP contribution in [0.15, 0.2) is 22.7 Å². The van der Waals surface area contributed by atoms with Gasteiger partial charge in [-0.05, 0) is 34.1 Å². The molecule has 1 heterocycles. The van der Waals surface area contributed by atoms with Gasteiger partial charge in [0.15, 0.2) is 0 Å². The highest BCUT2D eigenvalue weighted by molar-refractivity contribution is 9.10. The van der Waals surface area contributed by atoms with Crippen LogP contribution in [0.4, 0.5) is 0 Å². The van der Waals surface area contributed by atoms with E-state index >= 15 is 0 Å². The van der Waals surface area contributed by atoms with Crippen molar-refractivity contribution in [3.8, 4) is 0 Å². The molecule has 1 aliphatic rings. The lowest BCUT2D eigenvalue weighted by Gasteiger charge is -2.26. The number of halogens is 2. The quantitative estimate of drug-likeness (QED) is 0.798. The summed E-state index contributed by atoms with van der Waals surface area (Å²) >= 11 is 9.19. The number of carbonyl (C=O) groups is 1. The smallest absolute Gasteiger partial charge is 0.254 e. The zero-order chi connectivity index (χ0) is 11.5. The SMILES string of the molecule is O=C(c1ccc(Cl)c(Br)c1)N1CCOCC1. The molecule has 86 valence electrons. The van der Waals surface area contributed by atoms with Gasteiger partial charge < -0.3 is 9.64 Å². The van der Waals surface area contributed by atoms with E-state index in [4.69, 9.17) is 16.3 Å². The third-order valence-corrected chi connectivity index (χ3v) is 3.68. The molecule has 1 fully saturated rings. The first-order chi connectivity index (χ1) is 7.68. The molecule has 1 aliphatic heterocycles. The Balaban J connectivity index is 2.16. The maximum Gasteiger partial charge on any atom is 0.254 e. The molecule has 5 heteroatoms. The van der Waals surface area contributed by atoms with Gasteiger partial charge in [0.2, 0.25) is 0 Å². The normalized spacial score (nSPS) is 16.2. The van der Waals surface area contributed by atoms with Crippen molar-refractivity contribution in [1.29, 1.82) is 0 Å². The molecule has 0 unspecified atom stereocenters. The van der Waals surface area contributed by atoms with Crippen LogP contribution in [0.5, 0.6) is 0 Å². The van der Waals surface area contributed by atoms with Crippen LogP contribution in [0.3, 0.4) is 0 Å². The summed E-state index contributed by atoms with van der Waals surface area (Å²) in [5.41, 5.74) is 0.651. The summed E-state index contributed by atoms with van der Waals surface area (Å²) in [5, 5.41) is 0.610. The summed E-state index contributed by atoms with van der Waals surface area (Å²) in [5.74, 6) is 0.0284. The summed E-state index contributed by atoms with van der Waals surface area (Å²) in [7, 11) is 0. The minimum absolute atomic E-state index is 0.0284. The van der Waals surface area contributed by atoms with E-state index in [-0.39, 0.29) is 5.91 Å². The average Bonchev–Trinajstić information content (AvgIpc) is 2.33. The summed E-state index contributed by atoms with van der Waals surface area (Å²) in [6, 6.07) is 5.21. The first-order valence-electron chi connectivity index (χ1n) is 5.00. The molecule has 1 saturated heterocycles. The van der Waals surface area contributed by atoms with Crippen molar-refractivity contribution >= 4 is 33.4 Å². The van der Waals surface area contributed by atoms with E-state index in [1.54, 1.807) is 23.1 Å². The van der Waals surface area contributed by atoms with Crippen molar-refractivity contribution in [3.05, 3.63) is 33.3 Å². The fourth-order valence-corrected chi connectivity index (χ4v) is 2.07. The van der Waals surface area contributed by atoms with Gasteiger partial charge in [0, 0.05) is 23.1 Å². The molecule has 2 rings (SSSR count). The highest BCUT2D eigenvalue weighted by atomic mass is 79.9. The molecule has 1 aromatic rings. The van der Waals surface area contributed by atoms with Gasteiger partial charge in [-0.15, -0.1) is 0 Å². The molecular weight excluding hydrogens is 293 g/mol. The first kappa shape index (κ1) is 11.9. The van der Waals surface area contributed by atoms with Gasteiger partial charge in [-0.2, -0.15) is 0 Å². The maximum atomic E-state index is 12.1. The Labute approximate surface area is 107 Å². The predicted octanol–water partition coefficient (Wildman–Crippen LogP) is 2.57. The van der Waals surface area contributed by atoms with Crippen LogP contribution in [0.1, 0.15) is 10.4 Å². The van der Waals surface area contributed by atoms with E-state index in [0.717, 1.165) is 4.47 Å². The second-order valence-electron chi connectivity index (χ2n) is 3.53. The molecule has 0 atom stereocenters. The number of carbonyl (C=O) groups excluding carboxylic acids is 1. The zero-order valence-corrected chi connectivity index (χ0v) is 10.9. The van der Waals surface area contributed by atoms with Crippen molar-refractivity contribution in [2.24, 2.45) is 0 Å². The van der Waals surface area contributed by atoms with E-state index in [1.165, 1.54) is 0 Å². The van der Waals surface area contributed by atoms with Crippen LogP contribution in [0, 0.1) is 0 Å².